The minimum atomic E-state index is -0.00233. The average Bonchev–Trinajstić information content (AvgIpc) is 3.67. The molecule has 0 amide bonds. The van der Waals surface area contributed by atoms with E-state index in [0.717, 1.165) is 0 Å². The third-order valence-electron chi connectivity index (χ3n) is 10.7. The van der Waals surface area contributed by atoms with Crippen molar-refractivity contribution in [3.05, 3.63) is 151 Å². The van der Waals surface area contributed by atoms with Crippen molar-refractivity contribution >= 4 is 54.4 Å². The van der Waals surface area contributed by atoms with Crippen molar-refractivity contribution in [2.75, 3.05) is 0 Å². The molecule has 2 nitrogen and oxygen atoms in total. The van der Waals surface area contributed by atoms with Crippen LogP contribution in [0.15, 0.2) is 140 Å². The van der Waals surface area contributed by atoms with E-state index in [9.17, 15) is 0 Å². The fourth-order valence-corrected chi connectivity index (χ4v) is 8.44. The number of fused-ring (bicyclic) bond motifs is 11. The lowest BCUT2D eigenvalue weighted by Crippen LogP contribution is -2.14. The highest BCUT2D eigenvalue weighted by Crippen LogP contribution is 2.49. The molecule has 1 aliphatic rings. The molecule has 0 N–H and O–H groups in total. The van der Waals surface area contributed by atoms with E-state index in [1.54, 1.807) is 0 Å². The van der Waals surface area contributed by atoms with Crippen molar-refractivity contribution in [2.24, 2.45) is 7.05 Å². The Morgan fingerprint density at radius 2 is 1.11 bits per heavy atom. The van der Waals surface area contributed by atoms with Gasteiger partial charge in [-0.1, -0.05) is 105 Å². The van der Waals surface area contributed by atoms with Crippen molar-refractivity contribution in [2.45, 2.75) is 19.3 Å². The molecule has 9 aromatic rings. The second-order valence-corrected chi connectivity index (χ2v) is 13.5. The van der Waals surface area contributed by atoms with Gasteiger partial charge in [0.2, 0.25) is 0 Å². The largest absolute Gasteiger partial charge is 0.344 e. The number of hydrogen-bond acceptors (Lipinski definition) is 0. The number of para-hydroxylation sites is 1. The summed E-state index contributed by atoms with van der Waals surface area (Å²) in [7, 11) is 2.18. The number of rotatable bonds is 2. The molecule has 7 aromatic carbocycles. The zero-order valence-corrected chi connectivity index (χ0v) is 26.2. The van der Waals surface area contributed by atoms with Gasteiger partial charge >= 0.3 is 0 Å². The van der Waals surface area contributed by atoms with Gasteiger partial charge in [-0.3, -0.25) is 0 Å². The fraction of sp³-hybridized carbons (Fsp3) is 0.0909. The third kappa shape index (κ3) is 3.31. The van der Waals surface area contributed by atoms with Gasteiger partial charge in [0, 0.05) is 50.7 Å². The molecule has 2 aromatic heterocycles. The van der Waals surface area contributed by atoms with E-state index in [1.807, 2.05) is 0 Å². The van der Waals surface area contributed by atoms with E-state index in [0.29, 0.717) is 0 Å². The second-order valence-electron chi connectivity index (χ2n) is 13.5. The summed E-state index contributed by atoms with van der Waals surface area (Å²) in [5, 5.41) is 7.77. The van der Waals surface area contributed by atoms with E-state index in [-0.39, 0.29) is 5.41 Å². The van der Waals surface area contributed by atoms with Crippen LogP contribution in [0.3, 0.4) is 0 Å². The Hall–Kier alpha value is -5.60. The van der Waals surface area contributed by atoms with Gasteiger partial charge in [0.15, 0.2) is 0 Å². The van der Waals surface area contributed by atoms with Crippen molar-refractivity contribution in [1.29, 1.82) is 0 Å². The molecular formula is C44H32N2. The Balaban J connectivity index is 1.18. The molecule has 0 saturated heterocycles. The summed E-state index contributed by atoms with van der Waals surface area (Å²) in [6, 6.07) is 52.0. The van der Waals surface area contributed by atoms with E-state index >= 15 is 0 Å². The quantitative estimate of drug-likeness (QED) is 0.190. The van der Waals surface area contributed by atoms with Gasteiger partial charge in [-0.15, -0.1) is 0 Å². The van der Waals surface area contributed by atoms with Gasteiger partial charge in [-0.2, -0.15) is 0 Å². The van der Waals surface area contributed by atoms with Crippen LogP contribution in [0.4, 0.5) is 0 Å². The van der Waals surface area contributed by atoms with E-state index < -0.39 is 0 Å². The number of aryl methyl sites for hydroxylation is 1. The first-order valence-electron chi connectivity index (χ1n) is 16.2. The third-order valence-corrected chi connectivity index (χ3v) is 10.7. The van der Waals surface area contributed by atoms with Crippen LogP contribution in [0, 0.1) is 0 Å². The predicted octanol–water partition coefficient (Wildman–Crippen LogP) is 11.6. The number of hydrogen-bond donors (Lipinski definition) is 0. The summed E-state index contributed by atoms with van der Waals surface area (Å²) in [6.45, 7) is 4.69. The van der Waals surface area contributed by atoms with Crippen molar-refractivity contribution in [3.8, 4) is 27.9 Å². The molecule has 2 heterocycles. The van der Waals surface area contributed by atoms with Crippen molar-refractivity contribution in [3.63, 3.8) is 0 Å². The van der Waals surface area contributed by atoms with Crippen LogP contribution >= 0.6 is 0 Å². The highest BCUT2D eigenvalue weighted by atomic mass is 15.0. The summed E-state index contributed by atoms with van der Waals surface area (Å²) >= 11 is 0. The molecule has 0 radical (unpaired) electrons. The standard InChI is InChI=1S/C44H32N2/c1-44(2)37-14-8-6-12-32(37)34-26-30(19-20-38(34)44)46-40-15-9-7-13-33(40)35-24-28(18-22-41(35)46)29-17-21-39-36(25-29)43-31-11-5-4-10-27(31)16-23-42(43)45(39)3/h4-26H,1-3H3. The van der Waals surface area contributed by atoms with Crippen molar-refractivity contribution in [1.82, 2.24) is 9.13 Å². The minimum Gasteiger partial charge on any atom is -0.344 e. The minimum absolute atomic E-state index is 0.00233. The number of nitrogens with zero attached hydrogens (tertiary/aromatic N) is 2. The van der Waals surface area contributed by atoms with Crippen LogP contribution < -0.4 is 0 Å². The molecule has 1 aliphatic carbocycles. The van der Waals surface area contributed by atoms with Gasteiger partial charge in [0.25, 0.3) is 0 Å². The number of benzene rings is 7. The molecule has 0 bridgehead atoms. The van der Waals surface area contributed by atoms with E-state index in [4.69, 9.17) is 0 Å². The summed E-state index contributed by atoms with van der Waals surface area (Å²) < 4.78 is 4.77. The Kier molecular flexibility index (Phi) is 5.02. The molecule has 46 heavy (non-hydrogen) atoms. The first-order chi connectivity index (χ1) is 22.5. The van der Waals surface area contributed by atoms with E-state index in [2.05, 4.69) is 170 Å². The zero-order valence-electron chi connectivity index (χ0n) is 26.2. The first kappa shape index (κ1) is 25.7. The lowest BCUT2D eigenvalue weighted by atomic mass is 9.82. The summed E-state index contributed by atoms with van der Waals surface area (Å²) in [6.07, 6.45) is 0. The number of aromatic nitrogens is 2. The van der Waals surface area contributed by atoms with Gasteiger partial charge in [-0.05, 0) is 92.7 Å². The molecule has 0 fully saturated rings. The Bertz CT molecular complexity index is 2730. The van der Waals surface area contributed by atoms with E-state index in [1.165, 1.54) is 93.5 Å². The van der Waals surface area contributed by atoms with Gasteiger partial charge in [-0.25, -0.2) is 0 Å². The SMILES string of the molecule is Cn1c2ccc(-c3ccc4c(c3)c3ccccc3n4-c3ccc4c(c3)-c3ccccc3C4(C)C)cc2c2c3ccccc3ccc21. The van der Waals surface area contributed by atoms with Crippen LogP contribution in [0.5, 0.6) is 0 Å². The highest BCUT2D eigenvalue weighted by Gasteiger charge is 2.35. The monoisotopic (exact) mass is 588 g/mol. The predicted molar refractivity (Wildman–Crippen MR) is 195 cm³/mol. The molecule has 0 spiro atoms. The highest BCUT2D eigenvalue weighted by molar-refractivity contribution is 6.21. The van der Waals surface area contributed by atoms with Gasteiger partial charge in [0.1, 0.15) is 0 Å². The summed E-state index contributed by atoms with van der Waals surface area (Å²) in [5.41, 5.74) is 14.2. The molecule has 0 unspecified atom stereocenters. The lowest BCUT2D eigenvalue weighted by Gasteiger charge is -2.21. The molecule has 10 rings (SSSR count). The molecule has 0 saturated carbocycles. The Morgan fingerprint density at radius 3 is 1.98 bits per heavy atom. The maximum atomic E-state index is 2.45. The maximum Gasteiger partial charge on any atom is 0.0541 e. The average molecular weight is 589 g/mol. The summed E-state index contributed by atoms with van der Waals surface area (Å²) in [4.78, 5) is 0. The topological polar surface area (TPSA) is 9.86 Å². The molecule has 0 aliphatic heterocycles. The zero-order chi connectivity index (χ0) is 30.7. The van der Waals surface area contributed by atoms with Crippen LogP contribution in [-0.2, 0) is 12.5 Å². The molecule has 218 valence electrons. The smallest absolute Gasteiger partial charge is 0.0541 e. The second kappa shape index (κ2) is 8.99. The first-order valence-corrected chi connectivity index (χ1v) is 16.2. The van der Waals surface area contributed by atoms with Crippen LogP contribution in [0.25, 0.3) is 82.3 Å². The summed E-state index contributed by atoms with van der Waals surface area (Å²) in [5.74, 6) is 0. The maximum absolute atomic E-state index is 2.45. The van der Waals surface area contributed by atoms with Crippen molar-refractivity contribution < 1.29 is 0 Å². The van der Waals surface area contributed by atoms with Crippen LogP contribution in [0.2, 0.25) is 0 Å². The fourth-order valence-electron chi connectivity index (χ4n) is 8.44. The lowest BCUT2D eigenvalue weighted by molar-refractivity contribution is 0.660. The normalized spacial score (nSPS) is 13.7. The Labute approximate surface area is 267 Å². The van der Waals surface area contributed by atoms with Crippen LogP contribution in [-0.4, -0.2) is 9.13 Å². The molecular weight excluding hydrogens is 556 g/mol. The Morgan fingerprint density at radius 1 is 0.457 bits per heavy atom. The van der Waals surface area contributed by atoms with Gasteiger partial charge in [0.05, 0.1) is 11.0 Å². The van der Waals surface area contributed by atoms with Gasteiger partial charge < -0.3 is 9.13 Å². The van der Waals surface area contributed by atoms with Crippen LogP contribution in [0.1, 0.15) is 25.0 Å². The molecule has 2 heteroatoms. The molecule has 0 atom stereocenters.